The van der Waals surface area contributed by atoms with Crippen molar-refractivity contribution in [3.8, 4) is 5.75 Å². The second-order valence-electron chi connectivity index (χ2n) is 3.81. The van der Waals surface area contributed by atoms with E-state index in [9.17, 15) is 4.79 Å². The zero-order valence-electron chi connectivity index (χ0n) is 8.40. The summed E-state index contributed by atoms with van der Waals surface area (Å²) in [4.78, 5) is 11.2. The normalized spacial score (nSPS) is 18.4. The number of hydrogen-bond acceptors (Lipinski definition) is 3. The first-order valence-corrected chi connectivity index (χ1v) is 6.59. The van der Waals surface area contributed by atoms with Crippen molar-refractivity contribution in [3.05, 3.63) is 40.2 Å². The third-order valence-corrected chi connectivity index (χ3v) is 3.73. The molecular weight excluding hydrogens is 319 g/mol. The van der Waals surface area contributed by atoms with Crippen molar-refractivity contribution >= 4 is 33.6 Å². The second kappa shape index (κ2) is 3.76. The summed E-state index contributed by atoms with van der Waals surface area (Å²) in [7, 11) is 0. The summed E-state index contributed by atoms with van der Waals surface area (Å²) in [6.45, 7) is 0. The Hall–Kier alpha value is -1.04. The molecule has 0 fully saturated rings. The SMILES string of the molecule is O=c1ccc2ccc3c(c2o1)CC(CI)O3. The molecule has 0 radical (unpaired) electrons. The van der Waals surface area contributed by atoms with Gasteiger partial charge in [0.1, 0.15) is 17.4 Å². The number of benzene rings is 1. The summed E-state index contributed by atoms with van der Waals surface area (Å²) in [5.74, 6) is 0.850. The van der Waals surface area contributed by atoms with Crippen LogP contribution in [0.25, 0.3) is 11.0 Å². The van der Waals surface area contributed by atoms with Gasteiger partial charge in [-0.25, -0.2) is 4.79 Å². The Morgan fingerprint density at radius 1 is 1.31 bits per heavy atom. The van der Waals surface area contributed by atoms with Gasteiger partial charge in [-0.15, -0.1) is 0 Å². The summed E-state index contributed by atoms with van der Waals surface area (Å²) >= 11 is 2.30. The smallest absolute Gasteiger partial charge is 0.336 e. The number of alkyl halides is 1. The van der Waals surface area contributed by atoms with Crippen LogP contribution in [0.1, 0.15) is 5.56 Å². The fraction of sp³-hybridized carbons (Fsp3) is 0.250. The molecule has 3 rings (SSSR count). The van der Waals surface area contributed by atoms with E-state index in [1.54, 1.807) is 6.07 Å². The van der Waals surface area contributed by atoms with E-state index in [1.165, 1.54) is 6.07 Å². The summed E-state index contributed by atoms with van der Waals surface area (Å²) < 4.78 is 11.9. The van der Waals surface area contributed by atoms with Gasteiger partial charge in [0.05, 0.1) is 0 Å². The van der Waals surface area contributed by atoms with Crippen LogP contribution in [0.2, 0.25) is 0 Å². The van der Waals surface area contributed by atoms with Crippen molar-refractivity contribution in [2.45, 2.75) is 12.5 Å². The van der Waals surface area contributed by atoms with Gasteiger partial charge in [0.15, 0.2) is 0 Å². The quantitative estimate of drug-likeness (QED) is 0.459. The van der Waals surface area contributed by atoms with Crippen LogP contribution >= 0.6 is 22.6 Å². The maximum Gasteiger partial charge on any atom is 0.336 e. The third kappa shape index (κ3) is 1.52. The predicted molar refractivity (Wildman–Crippen MR) is 69.5 cm³/mol. The molecule has 0 saturated heterocycles. The second-order valence-corrected chi connectivity index (χ2v) is 4.69. The summed E-state index contributed by atoms with van der Waals surface area (Å²) in [5.41, 5.74) is 1.40. The van der Waals surface area contributed by atoms with Crippen LogP contribution in [-0.2, 0) is 6.42 Å². The molecule has 0 spiro atoms. The predicted octanol–water partition coefficient (Wildman–Crippen LogP) is 2.53. The molecule has 1 aliphatic heterocycles. The fourth-order valence-corrected chi connectivity index (χ4v) is 2.50. The maximum absolute atomic E-state index is 11.2. The Morgan fingerprint density at radius 2 is 2.12 bits per heavy atom. The van der Waals surface area contributed by atoms with Gasteiger partial charge in [-0.05, 0) is 18.2 Å². The lowest BCUT2D eigenvalue weighted by molar-refractivity contribution is 0.262. The fourth-order valence-electron chi connectivity index (χ4n) is 2.01. The molecule has 0 amide bonds. The van der Waals surface area contributed by atoms with Crippen LogP contribution in [0.5, 0.6) is 5.75 Å². The monoisotopic (exact) mass is 328 g/mol. The first kappa shape index (κ1) is 10.1. The molecule has 0 N–H and O–H groups in total. The van der Waals surface area contributed by atoms with E-state index >= 15 is 0 Å². The standard InChI is InChI=1S/C12H9IO3/c13-6-8-5-9-10(15-8)3-1-7-2-4-11(14)16-12(7)9/h1-4,8H,5-6H2. The highest BCUT2D eigenvalue weighted by Gasteiger charge is 2.24. The zero-order valence-corrected chi connectivity index (χ0v) is 10.6. The lowest BCUT2D eigenvalue weighted by Crippen LogP contribution is -2.13. The summed E-state index contributed by atoms with van der Waals surface area (Å²) in [6, 6.07) is 7.11. The topological polar surface area (TPSA) is 39.4 Å². The minimum atomic E-state index is -0.307. The molecule has 4 heteroatoms. The van der Waals surface area contributed by atoms with Crippen molar-refractivity contribution in [2.24, 2.45) is 0 Å². The minimum absolute atomic E-state index is 0.201. The van der Waals surface area contributed by atoms with Crippen LogP contribution in [0.15, 0.2) is 33.5 Å². The van der Waals surface area contributed by atoms with Gasteiger partial charge in [0, 0.05) is 27.9 Å². The highest BCUT2D eigenvalue weighted by Crippen LogP contribution is 2.34. The number of fused-ring (bicyclic) bond motifs is 3. The third-order valence-electron chi connectivity index (χ3n) is 2.75. The minimum Gasteiger partial charge on any atom is -0.489 e. The Morgan fingerprint density at radius 3 is 2.94 bits per heavy atom. The van der Waals surface area contributed by atoms with E-state index in [0.717, 1.165) is 27.5 Å². The largest absolute Gasteiger partial charge is 0.489 e. The summed E-state index contributed by atoms with van der Waals surface area (Å²) in [5, 5.41) is 0.955. The lowest BCUT2D eigenvalue weighted by Gasteiger charge is -2.04. The number of ether oxygens (including phenoxy) is 1. The Balaban J connectivity index is 2.26. The maximum atomic E-state index is 11.2. The lowest BCUT2D eigenvalue weighted by atomic mass is 10.1. The van der Waals surface area contributed by atoms with Crippen molar-refractivity contribution < 1.29 is 9.15 Å². The highest BCUT2D eigenvalue weighted by molar-refractivity contribution is 14.1. The molecule has 16 heavy (non-hydrogen) atoms. The van der Waals surface area contributed by atoms with Crippen molar-refractivity contribution in [3.63, 3.8) is 0 Å². The molecule has 0 saturated carbocycles. The molecule has 2 aromatic rings. The average Bonchev–Trinajstić information content (AvgIpc) is 2.72. The van der Waals surface area contributed by atoms with Gasteiger partial charge < -0.3 is 9.15 Å². The molecule has 1 aromatic carbocycles. The molecule has 0 bridgehead atoms. The molecule has 82 valence electrons. The van der Waals surface area contributed by atoms with Crippen LogP contribution < -0.4 is 10.4 Å². The van der Waals surface area contributed by atoms with Crippen LogP contribution in [0.3, 0.4) is 0 Å². The molecule has 3 nitrogen and oxygen atoms in total. The van der Waals surface area contributed by atoms with E-state index < -0.39 is 0 Å². The van der Waals surface area contributed by atoms with Gasteiger partial charge in [0.25, 0.3) is 0 Å². The Labute approximate surface area is 106 Å². The van der Waals surface area contributed by atoms with Crippen LogP contribution in [0.4, 0.5) is 0 Å². The van der Waals surface area contributed by atoms with Crippen molar-refractivity contribution in [1.82, 2.24) is 0 Å². The van der Waals surface area contributed by atoms with E-state index in [0.29, 0.717) is 5.58 Å². The van der Waals surface area contributed by atoms with Crippen LogP contribution in [-0.4, -0.2) is 10.5 Å². The van der Waals surface area contributed by atoms with Gasteiger partial charge in [-0.3, -0.25) is 0 Å². The Kier molecular flexibility index (Phi) is 2.38. The van der Waals surface area contributed by atoms with Crippen molar-refractivity contribution in [1.29, 1.82) is 0 Å². The van der Waals surface area contributed by atoms with Crippen molar-refractivity contribution in [2.75, 3.05) is 4.43 Å². The number of halogens is 1. The van der Waals surface area contributed by atoms with Gasteiger partial charge in [-0.2, -0.15) is 0 Å². The molecule has 0 aliphatic carbocycles. The molecule has 1 aromatic heterocycles. The summed E-state index contributed by atoms with van der Waals surface area (Å²) in [6.07, 6.45) is 1.02. The highest BCUT2D eigenvalue weighted by atomic mass is 127. The van der Waals surface area contributed by atoms with E-state index in [-0.39, 0.29) is 11.7 Å². The van der Waals surface area contributed by atoms with E-state index in [4.69, 9.17) is 9.15 Å². The number of rotatable bonds is 1. The Bertz CT molecular complexity index is 603. The van der Waals surface area contributed by atoms with Gasteiger partial charge in [-0.1, -0.05) is 22.6 Å². The molecular formula is C12H9IO3. The molecule has 1 atom stereocenters. The molecule has 2 heterocycles. The van der Waals surface area contributed by atoms with Crippen LogP contribution in [0, 0.1) is 0 Å². The van der Waals surface area contributed by atoms with Gasteiger partial charge in [0.2, 0.25) is 0 Å². The van der Waals surface area contributed by atoms with E-state index in [1.807, 2.05) is 12.1 Å². The molecule has 1 unspecified atom stereocenters. The zero-order chi connectivity index (χ0) is 11.1. The van der Waals surface area contributed by atoms with Gasteiger partial charge >= 0.3 is 5.63 Å². The molecule has 1 aliphatic rings. The average molecular weight is 328 g/mol. The first-order chi connectivity index (χ1) is 7.78. The van der Waals surface area contributed by atoms with E-state index in [2.05, 4.69) is 22.6 Å². The first-order valence-electron chi connectivity index (χ1n) is 5.06. The number of hydrogen-bond donors (Lipinski definition) is 0.